The van der Waals surface area contributed by atoms with Crippen molar-refractivity contribution < 1.29 is 5.11 Å². The number of rotatable bonds is 4. The standard InChI is InChI=1S/C15H19NO/c1-16(2)11-13-9-6-10-14(13)15(17)12-7-4-3-5-8-12/h3-10,14-15,17H,11H2,1-2H3/t14?,15-/m1/s1. The van der Waals surface area contributed by atoms with Gasteiger partial charge in [0.1, 0.15) is 0 Å². The quantitative estimate of drug-likeness (QED) is 0.857. The van der Waals surface area contributed by atoms with Gasteiger partial charge in [-0.05, 0) is 25.2 Å². The first-order valence-corrected chi connectivity index (χ1v) is 5.93. The van der Waals surface area contributed by atoms with E-state index in [-0.39, 0.29) is 5.92 Å². The van der Waals surface area contributed by atoms with E-state index in [9.17, 15) is 5.11 Å². The van der Waals surface area contributed by atoms with Gasteiger partial charge in [0, 0.05) is 12.5 Å². The Morgan fingerprint density at radius 1 is 1.24 bits per heavy atom. The lowest BCUT2D eigenvalue weighted by molar-refractivity contribution is 0.144. The van der Waals surface area contributed by atoms with Gasteiger partial charge in [0.15, 0.2) is 0 Å². The number of likely N-dealkylation sites (N-methyl/N-ethyl adjacent to an activating group) is 1. The molecule has 1 aliphatic rings. The molecule has 0 saturated carbocycles. The van der Waals surface area contributed by atoms with Crippen LogP contribution in [0, 0.1) is 5.92 Å². The number of hydrogen-bond donors (Lipinski definition) is 1. The average Bonchev–Trinajstić information content (AvgIpc) is 2.76. The fourth-order valence-corrected chi connectivity index (χ4v) is 2.22. The van der Waals surface area contributed by atoms with Gasteiger partial charge in [0.05, 0.1) is 6.10 Å². The van der Waals surface area contributed by atoms with E-state index in [4.69, 9.17) is 0 Å². The van der Waals surface area contributed by atoms with Crippen molar-refractivity contribution in [2.45, 2.75) is 6.10 Å². The molecule has 0 radical (unpaired) electrons. The van der Waals surface area contributed by atoms with Crippen LogP contribution in [0.1, 0.15) is 11.7 Å². The van der Waals surface area contributed by atoms with Crippen molar-refractivity contribution in [3.8, 4) is 0 Å². The number of aliphatic hydroxyl groups is 1. The van der Waals surface area contributed by atoms with Crippen LogP contribution in [-0.4, -0.2) is 30.6 Å². The van der Waals surface area contributed by atoms with Crippen molar-refractivity contribution in [2.75, 3.05) is 20.6 Å². The third-order valence-corrected chi connectivity index (χ3v) is 3.04. The molecule has 0 spiro atoms. The average molecular weight is 229 g/mol. The molecule has 17 heavy (non-hydrogen) atoms. The molecule has 2 atom stereocenters. The van der Waals surface area contributed by atoms with Gasteiger partial charge >= 0.3 is 0 Å². The minimum absolute atomic E-state index is 0.111. The minimum atomic E-state index is -0.443. The lowest BCUT2D eigenvalue weighted by atomic mass is 9.91. The van der Waals surface area contributed by atoms with Crippen molar-refractivity contribution in [1.29, 1.82) is 0 Å². The van der Waals surface area contributed by atoms with Gasteiger partial charge in [-0.2, -0.15) is 0 Å². The minimum Gasteiger partial charge on any atom is -0.387 e. The van der Waals surface area contributed by atoms with Crippen LogP contribution in [-0.2, 0) is 0 Å². The summed E-state index contributed by atoms with van der Waals surface area (Å²) < 4.78 is 0. The van der Waals surface area contributed by atoms with Crippen LogP contribution < -0.4 is 0 Å². The fourth-order valence-electron chi connectivity index (χ4n) is 2.22. The fraction of sp³-hybridized carbons (Fsp3) is 0.333. The number of benzene rings is 1. The Balaban J connectivity index is 2.12. The summed E-state index contributed by atoms with van der Waals surface area (Å²) >= 11 is 0. The predicted octanol–water partition coefficient (Wildman–Crippen LogP) is 2.39. The van der Waals surface area contributed by atoms with E-state index < -0.39 is 6.10 Å². The number of hydrogen-bond acceptors (Lipinski definition) is 2. The maximum Gasteiger partial charge on any atom is 0.0890 e. The first-order valence-electron chi connectivity index (χ1n) is 5.93. The van der Waals surface area contributed by atoms with E-state index >= 15 is 0 Å². The van der Waals surface area contributed by atoms with E-state index in [0.29, 0.717) is 0 Å². The third-order valence-electron chi connectivity index (χ3n) is 3.04. The highest BCUT2D eigenvalue weighted by molar-refractivity contribution is 5.33. The van der Waals surface area contributed by atoms with Gasteiger partial charge in [0.2, 0.25) is 0 Å². The molecule has 90 valence electrons. The zero-order chi connectivity index (χ0) is 12.3. The Labute approximate surface area is 103 Å². The Morgan fingerprint density at radius 3 is 2.59 bits per heavy atom. The first-order chi connectivity index (χ1) is 8.18. The van der Waals surface area contributed by atoms with Crippen molar-refractivity contribution in [3.63, 3.8) is 0 Å². The van der Waals surface area contributed by atoms with E-state index in [1.165, 1.54) is 5.57 Å². The monoisotopic (exact) mass is 229 g/mol. The number of nitrogens with zero attached hydrogens (tertiary/aromatic N) is 1. The molecular weight excluding hydrogens is 210 g/mol. The van der Waals surface area contributed by atoms with Crippen molar-refractivity contribution in [2.24, 2.45) is 5.92 Å². The Bertz CT molecular complexity index is 420. The molecule has 2 rings (SSSR count). The van der Waals surface area contributed by atoms with Gasteiger partial charge in [-0.15, -0.1) is 0 Å². The molecule has 1 aliphatic carbocycles. The number of allylic oxidation sites excluding steroid dienone is 2. The van der Waals surface area contributed by atoms with Crippen LogP contribution in [0.2, 0.25) is 0 Å². The highest BCUT2D eigenvalue weighted by atomic mass is 16.3. The molecule has 2 nitrogen and oxygen atoms in total. The Kier molecular flexibility index (Phi) is 3.77. The molecule has 0 amide bonds. The SMILES string of the molecule is CN(C)CC1=CC=CC1[C@H](O)c1ccccc1. The summed E-state index contributed by atoms with van der Waals surface area (Å²) in [5.41, 5.74) is 2.25. The van der Waals surface area contributed by atoms with Crippen LogP contribution in [0.15, 0.2) is 54.1 Å². The zero-order valence-corrected chi connectivity index (χ0v) is 10.4. The Morgan fingerprint density at radius 2 is 1.94 bits per heavy atom. The molecule has 1 N–H and O–H groups in total. The normalized spacial score (nSPS) is 20.7. The summed E-state index contributed by atoms with van der Waals surface area (Å²) in [5.74, 6) is 0.111. The predicted molar refractivity (Wildman–Crippen MR) is 70.7 cm³/mol. The molecule has 0 bridgehead atoms. The summed E-state index contributed by atoms with van der Waals surface area (Å²) in [6.45, 7) is 0.890. The van der Waals surface area contributed by atoms with E-state index in [0.717, 1.165) is 12.1 Å². The van der Waals surface area contributed by atoms with Crippen LogP contribution in [0.4, 0.5) is 0 Å². The van der Waals surface area contributed by atoms with Gasteiger partial charge in [-0.3, -0.25) is 0 Å². The second kappa shape index (κ2) is 5.30. The molecular formula is C15H19NO. The second-order valence-electron chi connectivity index (χ2n) is 4.75. The van der Waals surface area contributed by atoms with Gasteiger partial charge in [0.25, 0.3) is 0 Å². The molecule has 0 heterocycles. The highest BCUT2D eigenvalue weighted by Gasteiger charge is 2.24. The first kappa shape index (κ1) is 12.1. The topological polar surface area (TPSA) is 23.5 Å². The Hall–Kier alpha value is -1.38. The van der Waals surface area contributed by atoms with Gasteiger partial charge in [-0.25, -0.2) is 0 Å². The van der Waals surface area contributed by atoms with E-state index in [1.807, 2.05) is 50.5 Å². The highest BCUT2D eigenvalue weighted by Crippen LogP contribution is 2.32. The van der Waals surface area contributed by atoms with Crippen LogP contribution >= 0.6 is 0 Å². The molecule has 1 aromatic carbocycles. The summed E-state index contributed by atoms with van der Waals surface area (Å²) in [4.78, 5) is 2.13. The summed E-state index contributed by atoms with van der Waals surface area (Å²) in [5, 5.41) is 10.4. The van der Waals surface area contributed by atoms with Crippen LogP contribution in [0.5, 0.6) is 0 Å². The molecule has 2 heteroatoms. The van der Waals surface area contributed by atoms with E-state index in [1.54, 1.807) is 0 Å². The van der Waals surface area contributed by atoms with Crippen molar-refractivity contribution >= 4 is 0 Å². The second-order valence-corrected chi connectivity index (χ2v) is 4.75. The van der Waals surface area contributed by atoms with Crippen LogP contribution in [0.3, 0.4) is 0 Å². The largest absolute Gasteiger partial charge is 0.387 e. The van der Waals surface area contributed by atoms with Gasteiger partial charge < -0.3 is 10.0 Å². The number of aliphatic hydroxyl groups excluding tert-OH is 1. The van der Waals surface area contributed by atoms with Crippen molar-refractivity contribution in [1.82, 2.24) is 4.90 Å². The van der Waals surface area contributed by atoms with Gasteiger partial charge in [-0.1, -0.05) is 48.6 Å². The molecule has 0 aliphatic heterocycles. The third kappa shape index (κ3) is 2.84. The summed E-state index contributed by atoms with van der Waals surface area (Å²) in [6.07, 6.45) is 5.78. The summed E-state index contributed by atoms with van der Waals surface area (Å²) in [7, 11) is 4.09. The smallest absolute Gasteiger partial charge is 0.0890 e. The molecule has 0 aromatic heterocycles. The molecule has 0 saturated heterocycles. The lowest BCUT2D eigenvalue weighted by Gasteiger charge is -2.23. The zero-order valence-electron chi connectivity index (χ0n) is 10.4. The van der Waals surface area contributed by atoms with Crippen LogP contribution in [0.25, 0.3) is 0 Å². The summed E-state index contributed by atoms with van der Waals surface area (Å²) in [6, 6.07) is 9.85. The lowest BCUT2D eigenvalue weighted by Crippen LogP contribution is -2.21. The molecule has 1 unspecified atom stereocenters. The van der Waals surface area contributed by atoms with E-state index in [2.05, 4.69) is 17.1 Å². The van der Waals surface area contributed by atoms with Crippen molar-refractivity contribution in [3.05, 3.63) is 59.7 Å². The maximum atomic E-state index is 10.4. The molecule has 0 fully saturated rings. The molecule has 1 aromatic rings. The maximum absolute atomic E-state index is 10.4.